The van der Waals surface area contributed by atoms with Crippen LogP contribution in [0.15, 0.2) is 12.1 Å². The molecule has 126 valence electrons. The lowest BCUT2D eigenvalue weighted by Gasteiger charge is -2.35. The monoisotopic (exact) mass is 329 g/mol. The highest BCUT2D eigenvalue weighted by Gasteiger charge is 2.27. The Labute approximate surface area is 131 Å². The van der Waals surface area contributed by atoms with Crippen LogP contribution in [-0.2, 0) is 16.0 Å². The summed E-state index contributed by atoms with van der Waals surface area (Å²) in [5.41, 5.74) is -0.198. The third-order valence-corrected chi connectivity index (χ3v) is 4.07. The van der Waals surface area contributed by atoms with Crippen molar-refractivity contribution in [3.05, 3.63) is 35.1 Å². The first-order valence-corrected chi connectivity index (χ1v) is 7.53. The Kier molecular flexibility index (Phi) is 5.63. The molecule has 1 aromatic carbocycles. The molecule has 0 bridgehead atoms. The van der Waals surface area contributed by atoms with Crippen LogP contribution in [0.1, 0.15) is 37.7 Å². The normalized spacial score (nSPS) is 18.0. The third-order valence-electron chi connectivity index (χ3n) is 4.07. The molecule has 1 atom stereocenters. The van der Waals surface area contributed by atoms with Gasteiger partial charge in [0.2, 0.25) is 5.91 Å². The quantitative estimate of drug-likeness (QED) is 0.845. The molecule has 23 heavy (non-hydrogen) atoms. The van der Waals surface area contributed by atoms with Crippen molar-refractivity contribution in [2.24, 2.45) is 0 Å². The smallest absolute Gasteiger partial charge is 0.303 e. The van der Waals surface area contributed by atoms with Crippen LogP contribution >= 0.6 is 0 Å². The van der Waals surface area contributed by atoms with E-state index in [-0.39, 0.29) is 24.4 Å². The van der Waals surface area contributed by atoms with Crippen LogP contribution in [-0.4, -0.2) is 34.5 Å². The second-order valence-corrected chi connectivity index (χ2v) is 5.70. The Morgan fingerprint density at radius 3 is 2.52 bits per heavy atom. The zero-order valence-corrected chi connectivity index (χ0v) is 12.5. The van der Waals surface area contributed by atoms with Crippen LogP contribution in [0.5, 0.6) is 0 Å². The predicted octanol–water partition coefficient (Wildman–Crippen LogP) is 2.89. The summed E-state index contributed by atoms with van der Waals surface area (Å²) in [6.07, 6.45) is 2.30. The lowest BCUT2D eigenvalue weighted by Crippen LogP contribution is -2.44. The van der Waals surface area contributed by atoms with Gasteiger partial charge in [-0.25, -0.2) is 13.2 Å². The van der Waals surface area contributed by atoms with Gasteiger partial charge in [0.05, 0.1) is 6.42 Å². The Bertz CT molecular complexity index is 606. The summed E-state index contributed by atoms with van der Waals surface area (Å²) in [5.74, 6) is -4.79. The lowest BCUT2D eigenvalue weighted by atomic mass is 9.97. The van der Waals surface area contributed by atoms with Gasteiger partial charge >= 0.3 is 5.97 Å². The van der Waals surface area contributed by atoms with Crippen LogP contribution < -0.4 is 0 Å². The molecule has 4 nitrogen and oxygen atoms in total. The van der Waals surface area contributed by atoms with Crippen LogP contribution in [0.2, 0.25) is 0 Å². The number of aliphatic carboxylic acids is 1. The number of benzene rings is 1. The number of hydrogen-bond acceptors (Lipinski definition) is 2. The minimum atomic E-state index is -1.30. The molecule has 1 saturated heterocycles. The van der Waals surface area contributed by atoms with Crippen molar-refractivity contribution in [1.29, 1.82) is 0 Å². The highest BCUT2D eigenvalue weighted by Crippen LogP contribution is 2.23. The van der Waals surface area contributed by atoms with Gasteiger partial charge < -0.3 is 10.0 Å². The largest absolute Gasteiger partial charge is 0.481 e. The zero-order chi connectivity index (χ0) is 17.0. The summed E-state index contributed by atoms with van der Waals surface area (Å²) in [6.45, 7) is 0.467. The van der Waals surface area contributed by atoms with E-state index < -0.39 is 29.3 Å². The van der Waals surface area contributed by atoms with E-state index in [0.29, 0.717) is 31.5 Å². The molecule has 0 aromatic heterocycles. The van der Waals surface area contributed by atoms with Crippen LogP contribution in [0.4, 0.5) is 13.2 Å². The summed E-state index contributed by atoms with van der Waals surface area (Å²) in [6, 6.07) is 0.912. The number of rotatable bonds is 5. The van der Waals surface area contributed by atoms with Crippen LogP contribution in [0.3, 0.4) is 0 Å². The Morgan fingerprint density at radius 2 is 1.83 bits per heavy atom. The van der Waals surface area contributed by atoms with Crippen LogP contribution in [0.25, 0.3) is 0 Å². The van der Waals surface area contributed by atoms with Crippen molar-refractivity contribution in [3.8, 4) is 0 Å². The standard InChI is InChI=1S/C16H18F3NO3/c17-12-9-14(19)13(18)7-10(12)8-15(21)20-6-2-1-3-11(20)4-5-16(22)23/h7,9,11H,1-6,8H2,(H,22,23). The molecule has 1 fully saturated rings. The van der Waals surface area contributed by atoms with Gasteiger partial charge in [-0.1, -0.05) is 0 Å². The number of hydrogen-bond donors (Lipinski definition) is 1. The van der Waals surface area contributed by atoms with Crippen molar-refractivity contribution in [2.75, 3.05) is 6.54 Å². The lowest BCUT2D eigenvalue weighted by molar-refractivity contribution is -0.139. The van der Waals surface area contributed by atoms with Gasteiger partial charge in [-0.05, 0) is 31.7 Å². The van der Waals surface area contributed by atoms with E-state index in [4.69, 9.17) is 5.11 Å². The molecule has 1 heterocycles. The fourth-order valence-electron chi connectivity index (χ4n) is 2.88. The number of nitrogens with zero attached hydrogens (tertiary/aromatic N) is 1. The maximum absolute atomic E-state index is 13.7. The molecule has 1 aliphatic rings. The zero-order valence-electron chi connectivity index (χ0n) is 12.5. The molecule has 0 radical (unpaired) electrons. The summed E-state index contributed by atoms with van der Waals surface area (Å²) < 4.78 is 39.8. The van der Waals surface area contributed by atoms with Crippen molar-refractivity contribution in [3.63, 3.8) is 0 Å². The maximum atomic E-state index is 13.7. The van der Waals surface area contributed by atoms with Gasteiger partial charge in [-0.15, -0.1) is 0 Å². The molecule has 7 heteroatoms. The maximum Gasteiger partial charge on any atom is 0.303 e. The van der Waals surface area contributed by atoms with E-state index in [2.05, 4.69) is 0 Å². The number of piperidine rings is 1. The number of likely N-dealkylation sites (tertiary alicyclic amines) is 1. The Hall–Kier alpha value is -2.05. The summed E-state index contributed by atoms with van der Waals surface area (Å²) in [4.78, 5) is 24.6. The number of carbonyl (C=O) groups is 2. The molecule has 0 aliphatic carbocycles. The molecule has 1 aromatic rings. The number of carboxylic acid groups (broad SMARTS) is 1. The average molecular weight is 329 g/mol. The van der Waals surface area contributed by atoms with Gasteiger partial charge in [-0.2, -0.15) is 0 Å². The van der Waals surface area contributed by atoms with E-state index >= 15 is 0 Å². The van der Waals surface area contributed by atoms with Crippen molar-refractivity contribution in [1.82, 2.24) is 4.90 Å². The molecule has 0 saturated carbocycles. The van der Waals surface area contributed by atoms with Crippen molar-refractivity contribution in [2.45, 2.75) is 44.6 Å². The SMILES string of the molecule is O=C(O)CCC1CCCCN1C(=O)Cc1cc(F)c(F)cc1F. The molecule has 1 amide bonds. The number of halogens is 3. The number of carboxylic acids is 1. The van der Waals surface area contributed by atoms with Gasteiger partial charge in [0, 0.05) is 30.6 Å². The first kappa shape index (κ1) is 17.3. The van der Waals surface area contributed by atoms with Crippen LogP contribution in [0, 0.1) is 17.5 Å². The second-order valence-electron chi connectivity index (χ2n) is 5.70. The molecule has 1 aliphatic heterocycles. The van der Waals surface area contributed by atoms with E-state index in [9.17, 15) is 22.8 Å². The Morgan fingerprint density at radius 1 is 1.13 bits per heavy atom. The minimum Gasteiger partial charge on any atom is -0.481 e. The highest BCUT2D eigenvalue weighted by atomic mass is 19.2. The Balaban J connectivity index is 2.08. The molecule has 2 rings (SSSR count). The summed E-state index contributed by atoms with van der Waals surface area (Å²) in [5, 5.41) is 8.77. The average Bonchev–Trinajstić information content (AvgIpc) is 2.50. The predicted molar refractivity (Wildman–Crippen MR) is 76.2 cm³/mol. The number of carbonyl (C=O) groups excluding carboxylic acids is 1. The van der Waals surface area contributed by atoms with E-state index in [1.807, 2.05) is 0 Å². The van der Waals surface area contributed by atoms with E-state index in [1.165, 1.54) is 4.90 Å². The molecular formula is C16H18F3NO3. The topological polar surface area (TPSA) is 57.6 Å². The fraction of sp³-hybridized carbons (Fsp3) is 0.500. The fourth-order valence-corrected chi connectivity index (χ4v) is 2.88. The molecule has 1 unspecified atom stereocenters. The van der Waals surface area contributed by atoms with E-state index in [0.717, 1.165) is 12.8 Å². The van der Waals surface area contributed by atoms with Gasteiger partial charge in [0.1, 0.15) is 5.82 Å². The van der Waals surface area contributed by atoms with Gasteiger partial charge in [0.25, 0.3) is 0 Å². The number of amides is 1. The minimum absolute atomic E-state index is 0.0476. The first-order valence-electron chi connectivity index (χ1n) is 7.53. The molecule has 1 N–H and O–H groups in total. The van der Waals surface area contributed by atoms with E-state index in [1.54, 1.807) is 0 Å². The van der Waals surface area contributed by atoms with Crippen molar-refractivity contribution >= 4 is 11.9 Å². The van der Waals surface area contributed by atoms with Gasteiger partial charge in [0.15, 0.2) is 11.6 Å². The molecule has 0 spiro atoms. The summed E-state index contributed by atoms with van der Waals surface area (Å²) in [7, 11) is 0. The van der Waals surface area contributed by atoms with Gasteiger partial charge in [-0.3, -0.25) is 9.59 Å². The highest BCUT2D eigenvalue weighted by molar-refractivity contribution is 5.79. The third kappa shape index (κ3) is 4.46. The molecular weight excluding hydrogens is 311 g/mol. The summed E-state index contributed by atoms with van der Waals surface area (Å²) >= 11 is 0. The van der Waals surface area contributed by atoms with Crippen molar-refractivity contribution < 1.29 is 27.9 Å². The first-order chi connectivity index (χ1) is 10.9. The second kappa shape index (κ2) is 7.48.